The molecule has 0 unspecified atom stereocenters. The minimum Gasteiger partial charge on any atom is -0.360 e. The number of fused-ring (bicyclic) bond motifs is 2. The molecule has 5 rings (SSSR count). The van der Waals surface area contributed by atoms with Gasteiger partial charge in [-0.1, -0.05) is 36.4 Å². The van der Waals surface area contributed by atoms with Crippen LogP contribution in [0.4, 0.5) is 5.82 Å². The zero-order chi connectivity index (χ0) is 20.7. The van der Waals surface area contributed by atoms with Crippen molar-refractivity contribution in [2.45, 2.75) is 19.9 Å². The van der Waals surface area contributed by atoms with Crippen LogP contribution < -0.4 is 10.9 Å². The lowest BCUT2D eigenvalue weighted by Gasteiger charge is -2.21. The van der Waals surface area contributed by atoms with Crippen LogP contribution in [0.3, 0.4) is 0 Å². The topological polar surface area (TPSA) is 88.5 Å². The maximum Gasteiger partial charge on any atom is 0.263 e. The largest absolute Gasteiger partial charge is 0.360 e. The molecule has 0 saturated carbocycles. The van der Waals surface area contributed by atoms with Gasteiger partial charge in [0.05, 0.1) is 17.8 Å². The molecule has 5 aromatic rings. The minimum absolute atomic E-state index is 0.0342. The number of nitrogens with zero attached hydrogens (tertiary/aromatic N) is 4. The second-order valence-corrected chi connectivity index (χ2v) is 7.27. The fraction of sp³-hybridized carbons (Fsp3) is 0.130. The van der Waals surface area contributed by atoms with Crippen LogP contribution in [0.1, 0.15) is 24.2 Å². The lowest BCUT2D eigenvalue weighted by molar-refractivity contribution is 0.774. The summed E-state index contributed by atoms with van der Waals surface area (Å²) in [6, 6.07) is 17.5. The Morgan fingerprint density at radius 2 is 1.87 bits per heavy atom. The number of hydrogen-bond donors (Lipinski definition) is 2. The third-order valence-electron chi connectivity index (χ3n) is 5.31. The number of aryl methyl sites for hydroxylation is 1. The van der Waals surface area contributed by atoms with E-state index in [9.17, 15) is 4.79 Å². The van der Waals surface area contributed by atoms with Gasteiger partial charge in [-0.2, -0.15) is 0 Å². The van der Waals surface area contributed by atoms with E-state index in [-0.39, 0.29) is 11.6 Å². The predicted molar refractivity (Wildman–Crippen MR) is 118 cm³/mol. The van der Waals surface area contributed by atoms with Gasteiger partial charge in [-0.3, -0.25) is 9.36 Å². The molecule has 30 heavy (non-hydrogen) atoms. The quantitative estimate of drug-likeness (QED) is 0.477. The highest BCUT2D eigenvalue weighted by molar-refractivity contribution is 5.86. The molecule has 3 heterocycles. The highest BCUT2D eigenvalue weighted by Crippen LogP contribution is 2.26. The fourth-order valence-electron chi connectivity index (χ4n) is 3.87. The van der Waals surface area contributed by atoms with Crippen LogP contribution in [-0.2, 0) is 0 Å². The van der Waals surface area contributed by atoms with Crippen LogP contribution >= 0.6 is 0 Å². The first-order valence-electron chi connectivity index (χ1n) is 9.75. The highest BCUT2D eigenvalue weighted by atomic mass is 16.1. The first-order valence-corrected chi connectivity index (χ1v) is 9.75. The number of para-hydroxylation sites is 1. The van der Waals surface area contributed by atoms with Gasteiger partial charge in [-0.15, -0.1) is 0 Å². The van der Waals surface area contributed by atoms with Gasteiger partial charge in [-0.25, -0.2) is 15.0 Å². The van der Waals surface area contributed by atoms with Crippen molar-refractivity contribution in [3.05, 3.63) is 88.9 Å². The summed E-state index contributed by atoms with van der Waals surface area (Å²) in [5.41, 5.74) is 3.91. The molecule has 0 spiro atoms. The van der Waals surface area contributed by atoms with Crippen molar-refractivity contribution in [2.75, 3.05) is 5.32 Å². The molecule has 0 radical (unpaired) electrons. The third-order valence-corrected chi connectivity index (χ3v) is 5.31. The smallest absolute Gasteiger partial charge is 0.263 e. The molecule has 0 aliphatic rings. The Kier molecular flexibility index (Phi) is 4.28. The van der Waals surface area contributed by atoms with Gasteiger partial charge in [-0.05, 0) is 43.0 Å². The van der Waals surface area contributed by atoms with Crippen molar-refractivity contribution >= 4 is 27.8 Å². The average molecular weight is 396 g/mol. The molecule has 148 valence electrons. The van der Waals surface area contributed by atoms with E-state index < -0.39 is 0 Å². The number of anilines is 1. The molecule has 0 amide bonds. The summed E-state index contributed by atoms with van der Waals surface area (Å²) < 4.78 is 1.77. The van der Waals surface area contributed by atoms with Gasteiger partial charge < -0.3 is 10.3 Å². The van der Waals surface area contributed by atoms with Gasteiger partial charge >= 0.3 is 0 Å². The van der Waals surface area contributed by atoms with Crippen LogP contribution in [0, 0.1) is 6.92 Å². The minimum atomic E-state index is -0.211. The van der Waals surface area contributed by atoms with Crippen LogP contribution in [-0.4, -0.2) is 24.5 Å². The zero-order valence-corrected chi connectivity index (χ0v) is 16.6. The number of hydrogen-bond acceptors (Lipinski definition) is 5. The Bertz CT molecular complexity index is 1420. The van der Waals surface area contributed by atoms with Crippen molar-refractivity contribution in [1.29, 1.82) is 0 Å². The summed E-state index contributed by atoms with van der Waals surface area (Å²) in [7, 11) is 0. The van der Waals surface area contributed by atoms with E-state index in [0.29, 0.717) is 17.0 Å². The molecule has 7 heteroatoms. The van der Waals surface area contributed by atoms with Crippen molar-refractivity contribution < 1.29 is 0 Å². The molecule has 2 aromatic carbocycles. The summed E-state index contributed by atoms with van der Waals surface area (Å²) in [5.74, 6) is 0.616. The van der Waals surface area contributed by atoms with E-state index in [2.05, 4.69) is 31.3 Å². The summed E-state index contributed by atoms with van der Waals surface area (Å²) >= 11 is 0. The first-order chi connectivity index (χ1) is 14.6. The van der Waals surface area contributed by atoms with Crippen molar-refractivity contribution in [1.82, 2.24) is 24.5 Å². The van der Waals surface area contributed by atoms with E-state index in [4.69, 9.17) is 0 Å². The van der Waals surface area contributed by atoms with Gasteiger partial charge in [0.15, 0.2) is 11.5 Å². The number of H-pyrrole nitrogens is 1. The number of imidazole rings is 1. The molecular formula is C23H20N6O. The first kappa shape index (κ1) is 18.1. The second-order valence-electron chi connectivity index (χ2n) is 7.27. The van der Waals surface area contributed by atoms with Crippen LogP contribution in [0.15, 0.2) is 72.0 Å². The molecule has 0 aliphatic carbocycles. The van der Waals surface area contributed by atoms with E-state index in [1.807, 2.05) is 62.4 Å². The maximum absolute atomic E-state index is 13.6. The molecule has 1 atom stereocenters. The number of aromatic nitrogens is 5. The standard InChI is InChI=1S/C23H20N6O/c1-14-7-6-8-16-11-18(29(23(30)19(14)16)17-9-4-3-5-10-17)15(2)28-22-20-21(25-12-24-20)26-13-27-22/h3-13,15H,1-2H3,(H2,24,25,26,27,28)/t15-/m0/s1. The Morgan fingerprint density at radius 1 is 1.03 bits per heavy atom. The molecule has 0 saturated heterocycles. The maximum atomic E-state index is 13.6. The Labute approximate surface area is 172 Å². The zero-order valence-electron chi connectivity index (χ0n) is 16.6. The Balaban J connectivity index is 1.71. The molecule has 7 nitrogen and oxygen atoms in total. The Hall–Kier alpha value is -4.00. The Morgan fingerprint density at radius 3 is 2.70 bits per heavy atom. The lowest BCUT2D eigenvalue weighted by Crippen LogP contribution is -2.26. The van der Waals surface area contributed by atoms with E-state index in [1.54, 1.807) is 10.9 Å². The van der Waals surface area contributed by atoms with Crippen LogP contribution in [0.25, 0.3) is 27.6 Å². The number of rotatable bonds is 4. The van der Waals surface area contributed by atoms with E-state index in [0.717, 1.165) is 27.7 Å². The molecular weight excluding hydrogens is 376 g/mol. The molecule has 3 aromatic heterocycles. The molecule has 2 N–H and O–H groups in total. The van der Waals surface area contributed by atoms with Gasteiger partial charge in [0.25, 0.3) is 5.56 Å². The number of benzene rings is 2. The third kappa shape index (κ3) is 2.91. The lowest BCUT2D eigenvalue weighted by atomic mass is 10.0. The van der Waals surface area contributed by atoms with Crippen LogP contribution in [0.2, 0.25) is 0 Å². The van der Waals surface area contributed by atoms with E-state index >= 15 is 0 Å². The molecule has 0 aliphatic heterocycles. The van der Waals surface area contributed by atoms with Gasteiger partial charge in [0.1, 0.15) is 11.8 Å². The second kappa shape index (κ2) is 7.11. The van der Waals surface area contributed by atoms with Crippen molar-refractivity contribution in [3.8, 4) is 5.69 Å². The summed E-state index contributed by atoms with van der Waals surface area (Å²) in [5, 5.41) is 5.06. The number of aromatic amines is 1. The van der Waals surface area contributed by atoms with Gasteiger partial charge in [0, 0.05) is 11.4 Å². The summed E-state index contributed by atoms with van der Waals surface area (Å²) in [6.45, 7) is 3.98. The van der Waals surface area contributed by atoms with Gasteiger partial charge in [0.2, 0.25) is 0 Å². The van der Waals surface area contributed by atoms with Crippen molar-refractivity contribution in [3.63, 3.8) is 0 Å². The van der Waals surface area contributed by atoms with Crippen molar-refractivity contribution in [2.24, 2.45) is 0 Å². The number of nitrogens with one attached hydrogen (secondary N) is 2. The normalized spacial score (nSPS) is 12.3. The summed E-state index contributed by atoms with van der Waals surface area (Å²) in [6.07, 6.45) is 3.08. The van der Waals surface area contributed by atoms with E-state index in [1.165, 1.54) is 6.33 Å². The highest BCUT2D eigenvalue weighted by Gasteiger charge is 2.18. The fourth-order valence-corrected chi connectivity index (χ4v) is 3.87. The SMILES string of the molecule is Cc1cccc2cc([C@H](C)Nc3ncnc4[nH]cnc34)n(-c3ccccc3)c(=O)c12. The molecule has 0 fully saturated rings. The predicted octanol–water partition coefficient (Wildman–Crippen LogP) is 4.14. The molecule has 0 bridgehead atoms. The average Bonchev–Trinajstić information content (AvgIpc) is 3.24. The number of pyridine rings is 1. The van der Waals surface area contributed by atoms with Crippen LogP contribution in [0.5, 0.6) is 0 Å². The monoisotopic (exact) mass is 396 g/mol. The summed E-state index contributed by atoms with van der Waals surface area (Å²) in [4.78, 5) is 29.4.